The molecule has 2 aromatic rings. The number of hydrogen-bond donors (Lipinski definition) is 2. The average molecular weight is 313 g/mol. The molecule has 0 bridgehead atoms. The average Bonchev–Trinajstić information content (AvgIpc) is 2.84. The molecule has 0 saturated carbocycles. The Morgan fingerprint density at radius 2 is 2.14 bits per heavy atom. The van der Waals surface area contributed by atoms with Crippen molar-refractivity contribution in [2.75, 3.05) is 6.54 Å². The van der Waals surface area contributed by atoms with Crippen molar-refractivity contribution in [2.45, 2.75) is 17.9 Å². The number of aryl methyl sites for hydroxylation is 1. The third-order valence-corrected chi connectivity index (χ3v) is 4.47. The summed E-state index contributed by atoms with van der Waals surface area (Å²) < 4.78 is 41.5. The first-order chi connectivity index (χ1) is 9.92. The summed E-state index contributed by atoms with van der Waals surface area (Å²) in [7, 11) is -2.10. The van der Waals surface area contributed by atoms with Crippen LogP contribution < -0.4 is 4.72 Å². The molecule has 1 aromatic carbocycles. The number of aliphatic hydroxyl groups excluding tert-OH is 1. The van der Waals surface area contributed by atoms with Crippen LogP contribution >= 0.6 is 0 Å². The summed E-state index contributed by atoms with van der Waals surface area (Å²) >= 11 is 0. The fourth-order valence-electron chi connectivity index (χ4n) is 1.90. The third kappa shape index (κ3) is 3.87. The smallest absolute Gasteiger partial charge is 0.241 e. The minimum absolute atomic E-state index is 0.140. The monoisotopic (exact) mass is 313 g/mol. The Morgan fingerprint density at radius 1 is 1.38 bits per heavy atom. The van der Waals surface area contributed by atoms with Gasteiger partial charge in [0.1, 0.15) is 5.82 Å². The summed E-state index contributed by atoms with van der Waals surface area (Å²) in [6.45, 7) is -0.336. The first-order valence-electron chi connectivity index (χ1n) is 6.30. The molecule has 0 aliphatic carbocycles. The van der Waals surface area contributed by atoms with Crippen LogP contribution in [0.15, 0.2) is 35.4 Å². The van der Waals surface area contributed by atoms with Crippen molar-refractivity contribution in [1.29, 1.82) is 0 Å². The minimum Gasteiger partial charge on any atom is -0.392 e. The minimum atomic E-state index is -3.87. The molecule has 114 valence electrons. The second-order valence-corrected chi connectivity index (χ2v) is 6.27. The number of sulfonamides is 1. The van der Waals surface area contributed by atoms with E-state index >= 15 is 0 Å². The van der Waals surface area contributed by atoms with E-state index in [1.807, 2.05) is 0 Å². The van der Waals surface area contributed by atoms with Gasteiger partial charge in [0.25, 0.3) is 0 Å². The topological polar surface area (TPSA) is 84.2 Å². The lowest BCUT2D eigenvalue weighted by atomic mass is 10.2. The summed E-state index contributed by atoms with van der Waals surface area (Å²) in [6.07, 6.45) is 2.18. The highest BCUT2D eigenvalue weighted by atomic mass is 32.2. The predicted octanol–water partition coefficient (Wildman–Crippen LogP) is 0.573. The molecule has 8 heteroatoms. The van der Waals surface area contributed by atoms with Crippen LogP contribution in [0.2, 0.25) is 0 Å². The Balaban J connectivity index is 2.09. The van der Waals surface area contributed by atoms with E-state index in [-0.39, 0.29) is 17.0 Å². The molecular formula is C13H16FN3O3S. The number of aromatic nitrogens is 2. The maximum atomic E-state index is 13.2. The number of aliphatic hydroxyl groups is 1. The number of benzene rings is 1. The van der Waals surface area contributed by atoms with Crippen molar-refractivity contribution in [3.8, 4) is 0 Å². The Hall–Kier alpha value is -1.77. The van der Waals surface area contributed by atoms with Gasteiger partial charge in [-0.2, -0.15) is 5.10 Å². The molecule has 0 saturated heterocycles. The molecular weight excluding hydrogens is 297 g/mol. The molecule has 1 aromatic heterocycles. The lowest BCUT2D eigenvalue weighted by molar-refractivity contribution is 0.278. The van der Waals surface area contributed by atoms with Gasteiger partial charge in [0.2, 0.25) is 10.0 Å². The number of halogens is 1. The Morgan fingerprint density at radius 3 is 2.76 bits per heavy atom. The number of nitrogens with zero attached hydrogens (tertiary/aromatic N) is 2. The zero-order chi connectivity index (χ0) is 15.5. The second kappa shape index (κ2) is 6.33. The van der Waals surface area contributed by atoms with E-state index in [1.54, 1.807) is 24.0 Å². The summed E-state index contributed by atoms with van der Waals surface area (Å²) in [4.78, 5) is -0.244. The number of nitrogens with one attached hydrogen (secondary N) is 1. The number of rotatable bonds is 6. The first-order valence-corrected chi connectivity index (χ1v) is 7.78. The quantitative estimate of drug-likeness (QED) is 0.817. The maximum absolute atomic E-state index is 13.2. The number of hydrogen-bond acceptors (Lipinski definition) is 4. The second-order valence-electron chi connectivity index (χ2n) is 4.54. The summed E-state index contributed by atoms with van der Waals surface area (Å²) in [5, 5.41) is 13.3. The third-order valence-electron chi connectivity index (χ3n) is 2.93. The van der Waals surface area contributed by atoms with Crippen molar-refractivity contribution >= 4 is 10.0 Å². The standard InChI is InChI=1S/C13H16FN3O3S/c1-17-7-5-12(16-17)4-6-15-21(19,20)13-8-11(14)3-2-10(13)9-18/h2-3,5,7-8,15,18H,4,6,9H2,1H3. The first kappa shape index (κ1) is 15.6. The molecule has 1 heterocycles. The van der Waals surface area contributed by atoms with Gasteiger partial charge in [-0.1, -0.05) is 6.07 Å². The van der Waals surface area contributed by atoms with Gasteiger partial charge < -0.3 is 5.11 Å². The van der Waals surface area contributed by atoms with E-state index < -0.39 is 22.4 Å². The predicted molar refractivity (Wildman–Crippen MR) is 74.4 cm³/mol. The molecule has 0 aliphatic rings. The molecule has 0 aliphatic heterocycles. The van der Waals surface area contributed by atoms with Gasteiger partial charge in [-0.3, -0.25) is 4.68 Å². The Kier molecular flexibility index (Phi) is 4.71. The van der Waals surface area contributed by atoms with Crippen LogP contribution in [0, 0.1) is 5.82 Å². The molecule has 0 amide bonds. The lowest BCUT2D eigenvalue weighted by Crippen LogP contribution is -2.27. The maximum Gasteiger partial charge on any atom is 0.241 e. The molecule has 21 heavy (non-hydrogen) atoms. The zero-order valence-electron chi connectivity index (χ0n) is 11.5. The van der Waals surface area contributed by atoms with Crippen molar-refractivity contribution < 1.29 is 17.9 Å². The Bertz CT molecular complexity index is 728. The molecule has 0 radical (unpaired) electrons. The van der Waals surface area contributed by atoms with Crippen LogP contribution in [-0.4, -0.2) is 29.8 Å². The largest absolute Gasteiger partial charge is 0.392 e. The van der Waals surface area contributed by atoms with Gasteiger partial charge in [-0.15, -0.1) is 0 Å². The van der Waals surface area contributed by atoms with E-state index in [2.05, 4.69) is 9.82 Å². The SMILES string of the molecule is Cn1ccc(CCNS(=O)(=O)c2cc(F)ccc2CO)n1. The van der Waals surface area contributed by atoms with Gasteiger partial charge in [0, 0.05) is 26.2 Å². The van der Waals surface area contributed by atoms with Crippen LogP contribution in [0.1, 0.15) is 11.3 Å². The molecule has 0 atom stereocenters. The van der Waals surface area contributed by atoms with E-state index in [4.69, 9.17) is 5.11 Å². The van der Waals surface area contributed by atoms with Crippen molar-refractivity contribution in [2.24, 2.45) is 7.05 Å². The highest BCUT2D eigenvalue weighted by molar-refractivity contribution is 7.89. The van der Waals surface area contributed by atoms with Crippen LogP contribution in [0.5, 0.6) is 0 Å². The van der Waals surface area contributed by atoms with E-state index in [9.17, 15) is 12.8 Å². The van der Waals surface area contributed by atoms with Crippen molar-refractivity contribution in [1.82, 2.24) is 14.5 Å². The summed E-state index contributed by atoms with van der Waals surface area (Å²) in [5.41, 5.74) is 0.906. The summed E-state index contributed by atoms with van der Waals surface area (Å²) in [6, 6.07) is 5.05. The molecule has 6 nitrogen and oxygen atoms in total. The van der Waals surface area contributed by atoms with E-state index in [0.717, 1.165) is 17.8 Å². The normalized spacial score (nSPS) is 11.8. The van der Waals surface area contributed by atoms with Crippen molar-refractivity contribution in [3.05, 3.63) is 47.5 Å². The Labute approximate surface area is 122 Å². The molecule has 2 N–H and O–H groups in total. The van der Waals surface area contributed by atoms with E-state index in [1.165, 1.54) is 6.07 Å². The van der Waals surface area contributed by atoms with Gasteiger partial charge in [0.15, 0.2) is 0 Å². The van der Waals surface area contributed by atoms with E-state index in [0.29, 0.717) is 6.42 Å². The molecule has 2 rings (SSSR count). The lowest BCUT2D eigenvalue weighted by Gasteiger charge is -2.10. The summed E-state index contributed by atoms with van der Waals surface area (Å²) in [5.74, 6) is -0.669. The fraction of sp³-hybridized carbons (Fsp3) is 0.308. The molecule has 0 fully saturated rings. The van der Waals surface area contributed by atoms with Crippen LogP contribution in [0.25, 0.3) is 0 Å². The van der Waals surface area contributed by atoms with Gasteiger partial charge in [-0.05, 0) is 23.8 Å². The zero-order valence-corrected chi connectivity index (χ0v) is 12.3. The highest BCUT2D eigenvalue weighted by Crippen LogP contribution is 2.17. The van der Waals surface area contributed by atoms with Crippen LogP contribution in [0.3, 0.4) is 0 Å². The molecule has 0 unspecified atom stereocenters. The molecule has 0 spiro atoms. The van der Waals surface area contributed by atoms with Crippen molar-refractivity contribution in [3.63, 3.8) is 0 Å². The van der Waals surface area contributed by atoms with Gasteiger partial charge in [0.05, 0.1) is 17.2 Å². The highest BCUT2D eigenvalue weighted by Gasteiger charge is 2.18. The van der Waals surface area contributed by atoms with Crippen LogP contribution in [0.4, 0.5) is 4.39 Å². The van der Waals surface area contributed by atoms with Gasteiger partial charge >= 0.3 is 0 Å². The van der Waals surface area contributed by atoms with Gasteiger partial charge in [-0.25, -0.2) is 17.5 Å². The van der Waals surface area contributed by atoms with Crippen LogP contribution in [-0.2, 0) is 30.1 Å². The fourth-order valence-corrected chi connectivity index (χ4v) is 3.17.